The molecule has 15 aliphatic rings. The Balaban J connectivity index is 0.774. The van der Waals surface area contributed by atoms with Crippen LogP contribution in [0.2, 0.25) is 0 Å². The molecule has 0 radical (unpaired) electrons. The zero-order chi connectivity index (χ0) is 49.0. The van der Waals surface area contributed by atoms with Gasteiger partial charge in [0, 0.05) is 82.0 Å². The van der Waals surface area contributed by atoms with Crippen LogP contribution in [0.3, 0.4) is 0 Å². The van der Waals surface area contributed by atoms with Gasteiger partial charge in [0.2, 0.25) is 0 Å². The molecule has 8 heterocycles. The van der Waals surface area contributed by atoms with Crippen LogP contribution in [0.25, 0.3) is 0 Å². The van der Waals surface area contributed by atoms with Crippen molar-refractivity contribution in [2.45, 2.75) is 185 Å². The summed E-state index contributed by atoms with van der Waals surface area (Å²) >= 11 is -4.67. The van der Waals surface area contributed by atoms with Crippen molar-refractivity contribution in [3.05, 3.63) is 0 Å². The molecule has 7 saturated carbocycles. The summed E-state index contributed by atoms with van der Waals surface area (Å²) in [5, 5.41) is 0.326. The van der Waals surface area contributed by atoms with Crippen molar-refractivity contribution in [1.29, 1.82) is 0 Å². The summed E-state index contributed by atoms with van der Waals surface area (Å²) in [4.78, 5) is 0. The van der Waals surface area contributed by atoms with Gasteiger partial charge in [0.1, 0.15) is 69.0 Å². The number of hydrogen-bond acceptors (Lipinski definition) is 7. The molecule has 408 valence electrons. The highest BCUT2D eigenvalue weighted by Gasteiger charge is 2.38. The van der Waals surface area contributed by atoms with Crippen molar-refractivity contribution in [2.75, 3.05) is 81.0 Å². The van der Waals surface area contributed by atoms with Crippen LogP contribution in [-0.4, -0.2) is 118 Å². The molecular weight excluding hydrogens is 1010 g/mol. The van der Waals surface area contributed by atoms with E-state index >= 15 is 0 Å². The molecule has 7 aliphatic carbocycles. The molecule has 8 saturated heterocycles. The summed E-state index contributed by atoms with van der Waals surface area (Å²) in [5.41, 5.74) is 0. The third-order valence-electron chi connectivity index (χ3n) is 20.1. The monoisotopic (exact) mass is 1110 g/mol. The van der Waals surface area contributed by atoms with Gasteiger partial charge in [-0.3, -0.25) is 4.21 Å². The van der Waals surface area contributed by atoms with E-state index in [-0.39, 0.29) is 0 Å². The van der Waals surface area contributed by atoms with Crippen molar-refractivity contribution in [1.82, 2.24) is 0 Å². The molecule has 5 unspecified atom stereocenters. The second-order valence-electron chi connectivity index (χ2n) is 26.0. The molecule has 6 atom stereocenters. The van der Waals surface area contributed by atoms with Crippen molar-refractivity contribution < 1.29 is 31.5 Å². The third-order valence-corrected chi connectivity index (χ3v) is 33.5. The van der Waals surface area contributed by atoms with E-state index in [9.17, 15) is 31.5 Å². The van der Waals surface area contributed by atoms with E-state index in [1.54, 1.807) is 0 Å². The number of fused-ring (bicyclic) bond motifs is 7. The Morgan fingerprint density at radius 2 is 0.371 bits per heavy atom. The summed E-state index contributed by atoms with van der Waals surface area (Å²) in [6, 6.07) is 0. The molecule has 15 rings (SSSR count). The maximum Gasteiger partial charge on any atom is 0.108 e. The van der Waals surface area contributed by atoms with E-state index in [2.05, 4.69) is 6.26 Å². The summed E-state index contributed by atoms with van der Waals surface area (Å²) in [6.07, 6.45) is 33.4. The fourth-order valence-electron chi connectivity index (χ4n) is 15.5. The number of rotatable bonds is 0. The van der Waals surface area contributed by atoms with E-state index in [1.165, 1.54) is 0 Å². The van der Waals surface area contributed by atoms with Crippen LogP contribution in [0.5, 0.6) is 0 Å². The molecular formula is C56H100O7S7. The second kappa shape index (κ2) is 29.3. The Bertz CT molecular complexity index is 1510. The molecule has 14 heteroatoms. The fraction of sp³-hybridized carbons (Fsp3) is 1.00. The van der Waals surface area contributed by atoms with Crippen molar-refractivity contribution in [3.63, 3.8) is 0 Å². The first-order chi connectivity index (χ1) is 33.7. The maximum atomic E-state index is 14.2. The SMILES string of the molecule is C[SH]1(=O)C[C@H]2CC[C@H](CC2)C[S+]([O-])C[C@H]2CC[C@H](CC2)C[S+]([O-])C[C@@H]2CC[C@@H](CC2)C[S@@+]([O-])C[C@H]2CC[C@H](CC2)C[S+]([O-])C[C@H]2CC[C@H](CC2)C[S+]([O-])C[C@@H]2CC[C@@H](CC2)C[S+]([O-])C[C@@H]2CC[C@H]1CC2. The lowest BCUT2D eigenvalue weighted by Crippen LogP contribution is -2.38. The fourth-order valence-corrected chi connectivity index (χ4v) is 29.7. The largest absolute Gasteiger partial charge is 0.616 e. The van der Waals surface area contributed by atoms with Gasteiger partial charge in [-0.15, -0.1) is 9.93 Å². The van der Waals surface area contributed by atoms with Gasteiger partial charge in [0.25, 0.3) is 0 Å². The van der Waals surface area contributed by atoms with Crippen molar-refractivity contribution >= 4 is 77.0 Å². The second-order valence-corrected chi connectivity index (χ2v) is 38.7. The van der Waals surface area contributed by atoms with Gasteiger partial charge in [-0.2, -0.15) is 0 Å². The topological polar surface area (TPSA) is 155 Å². The molecule has 0 N–H and O–H groups in total. The zero-order valence-corrected chi connectivity index (χ0v) is 49.6. The molecule has 8 aliphatic heterocycles. The number of hydrogen-bond donors (Lipinski definition) is 1. The Kier molecular flexibility index (Phi) is 24.3. The first-order valence-electron chi connectivity index (χ1n) is 29.4. The van der Waals surface area contributed by atoms with Crippen LogP contribution in [-0.2, 0) is 77.0 Å². The van der Waals surface area contributed by atoms with Gasteiger partial charge in [-0.05, 0) is 192 Å². The van der Waals surface area contributed by atoms with Gasteiger partial charge in [-0.25, -0.2) is 0 Å². The minimum absolute atomic E-state index is 0.326. The average molecular weight is 1110 g/mol. The van der Waals surface area contributed by atoms with Gasteiger partial charge in [0.15, 0.2) is 0 Å². The lowest BCUT2D eigenvalue weighted by atomic mass is 9.83. The van der Waals surface area contributed by atoms with E-state index in [0.717, 1.165) is 255 Å². The van der Waals surface area contributed by atoms with Gasteiger partial charge >= 0.3 is 0 Å². The Labute approximate surface area is 448 Å². The van der Waals surface area contributed by atoms with Crippen LogP contribution >= 0.6 is 0 Å². The highest BCUT2D eigenvalue weighted by Crippen LogP contribution is 2.41. The molecule has 0 aromatic heterocycles. The molecule has 0 amide bonds. The molecule has 14 bridgehead atoms. The van der Waals surface area contributed by atoms with E-state index in [0.29, 0.717) is 82.2 Å². The van der Waals surface area contributed by atoms with Gasteiger partial charge in [0.05, 0.1) is 0 Å². The lowest BCUT2D eigenvalue weighted by molar-refractivity contribution is 0.296. The van der Waals surface area contributed by atoms with E-state index in [1.807, 2.05) is 0 Å². The molecule has 0 aromatic rings. The van der Waals surface area contributed by atoms with Crippen LogP contribution in [0.15, 0.2) is 0 Å². The van der Waals surface area contributed by atoms with Crippen LogP contribution < -0.4 is 0 Å². The summed E-state index contributed by atoms with van der Waals surface area (Å²) < 4.78 is 94.7. The predicted octanol–water partition coefficient (Wildman–Crippen LogP) is 10.5. The molecule has 7 nitrogen and oxygen atoms in total. The first kappa shape index (κ1) is 58.2. The van der Waals surface area contributed by atoms with Gasteiger partial charge in [-0.1, -0.05) is 67.1 Å². The van der Waals surface area contributed by atoms with Crippen LogP contribution in [0, 0.1) is 76.9 Å². The molecule has 15 fully saturated rings. The Hall–Kier alpha value is 2.01. The Morgan fingerprint density at radius 3 is 0.529 bits per heavy atom. The Morgan fingerprint density at radius 1 is 0.243 bits per heavy atom. The van der Waals surface area contributed by atoms with E-state index in [4.69, 9.17) is 0 Å². The molecule has 0 spiro atoms. The van der Waals surface area contributed by atoms with E-state index < -0.39 is 77.0 Å². The van der Waals surface area contributed by atoms with Crippen molar-refractivity contribution in [2.24, 2.45) is 76.9 Å². The highest BCUT2D eigenvalue weighted by molar-refractivity contribution is 8.03. The summed E-state index contributed by atoms with van der Waals surface area (Å²) in [5.74, 6) is 17.8. The highest BCUT2D eigenvalue weighted by atomic mass is 32.2. The van der Waals surface area contributed by atoms with Gasteiger partial charge < -0.3 is 27.3 Å². The normalized spacial score (nSPS) is 47.1. The zero-order valence-electron chi connectivity index (χ0n) is 43.8. The van der Waals surface area contributed by atoms with Crippen LogP contribution in [0.1, 0.15) is 180 Å². The standard InChI is InChI=1S/C56H100O7S7/c1-70(63)42-55-24-22-53(23-25-55)40-68(61)38-51-16-14-49(15-17-51)36-66(59)34-47-8-6-45(7-9-47)32-64(57)30-43-2-4-44(5-3-43)31-65(58)33-46-10-12-48(13-11-46)35-67(60)37-50-18-20-52(21-19-50)39-69(62)41-54-26-28-56(70)29-27-54/h43-56,70H,2-42H2,1H3/t43-,44+,45-,46-,47+,48+,49-,50-,51+,52+,53-,54-,55+,56+,64-,65?,66?,67?,68?,69?/m0/s1. The first-order valence-corrected chi connectivity index (χ1v) is 40.7. The predicted molar refractivity (Wildman–Crippen MR) is 306 cm³/mol. The molecule has 0 aromatic carbocycles. The minimum atomic E-state index is -2.26. The van der Waals surface area contributed by atoms with Crippen molar-refractivity contribution in [3.8, 4) is 0 Å². The summed E-state index contributed by atoms with van der Waals surface area (Å²) in [7, 11) is -2.26. The smallest absolute Gasteiger partial charge is 0.108 e. The number of thiol groups is 1. The van der Waals surface area contributed by atoms with Crippen LogP contribution in [0.4, 0.5) is 0 Å². The summed E-state index contributed by atoms with van der Waals surface area (Å²) in [6.45, 7) is 0. The minimum Gasteiger partial charge on any atom is -0.616 e. The average Bonchev–Trinajstić information content (AvgIpc) is 3.32. The third kappa shape index (κ3) is 19.4. The molecule has 70 heavy (non-hydrogen) atoms. The maximum absolute atomic E-state index is 14.2. The quantitative estimate of drug-likeness (QED) is 0.187. The lowest BCUT2D eigenvalue weighted by Gasteiger charge is -2.39.